The molecule has 0 heterocycles. The Balaban J connectivity index is 2.57. The first-order valence-corrected chi connectivity index (χ1v) is 6.50. The molecule has 0 fully saturated rings. The molecule has 1 aromatic carbocycles. The standard InChI is InChI=1S/C14H17F4NO2/c1-21-8-4-2-3-7-19-13(20)11-9-10(14(16,17)18)5-6-12(11)15/h5-6,9H,2-4,7-8H2,1H3,(H,19,20). The van der Waals surface area contributed by atoms with E-state index in [0.29, 0.717) is 31.2 Å². The smallest absolute Gasteiger partial charge is 0.385 e. The molecule has 1 amide bonds. The Morgan fingerprint density at radius 3 is 2.57 bits per heavy atom. The number of hydrogen-bond donors (Lipinski definition) is 1. The zero-order chi connectivity index (χ0) is 15.9. The largest absolute Gasteiger partial charge is 0.416 e. The van der Waals surface area contributed by atoms with Crippen LogP contribution in [0.3, 0.4) is 0 Å². The van der Waals surface area contributed by atoms with Crippen LogP contribution in [0.1, 0.15) is 35.2 Å². The summed E-state index contributed by atoms with van der Waals surface area (Å²) in [5, 5.41) is 2.41. The second-order valence-electron chi connectivity index (χ2n) is 4.50. The van der Waals surface area contributed by atoms with E-state index in [0.717, 1.165) is 12.8 Å². The lowest BCUT2D eigenvalue weighted by Gasteiger charge is -2.10. The number of alkyl halides is 3. The number of ether oxygens (including phenoxy) is 1. The van der Waals surface area contributed by atoms with Crippen LogP contribution in [0.4, 0.5) is 17.6 Å². The summed E-state index contributed by atoms with van der Waals surface area (Å²) in [4.78, 5) is 11.7. The summed E-state index contributed by atoms with van der Waals surface area (Å²) in [5.74, 6) is -1.81. The third kappa shape index (κ3) is 5.71. The first-order valence-electron chi connectivity index (χ1n) is 6.50. The quantitative estimate of drug-likeness (QED) is 0.619. The third-order valence-corrected chi connectivity index (χ3v) is 2.85. The summed E-state index contributed by atoms with van der Waals surface area (Å²) in [7, 11) is 1.58. The molecule has 21 heavy (non-hydrogen) atoms. The van der Waals surface area contributed by atoms with Gasteiger partial charge in [0.1, 0.15) is 5.82 Å². The number of rotatable bonds is 7. The van der Waals surface area contributed by atoms with Gasteiger partial charge in [-0.15, -0.1) is 0 Å². The van der Waals surface area contributed by atoms with Gasteiger partial charge >= 0.3 is 6.18 Å². The molecule has 0 spiro atoms. The predicted molar refractivity (Wildman–Crippen MR) is 69.5 cm³/mol. The minimum atomic E-state index is -4.61. The van der Waals surface area contributed by atoms with E-state index in [2.05, 4.69) is 5.32 Å². The van der Waals surface area contributed by atoms with Crippen molar-refractivity contribution in [2.45, 2.75) is 25.4 Å². The van der Waals surface area contributed by atoms with Gasteiger partial charge in [0.2, 0.25) is 0 Å². The number of carbonyl (C=O) groups excluding carboxylic acids is 1. The van der Waals surface area contributed by atoms with Crippen LogP contribution < -0.4 is 5.32 Å². The van der Waals surface area contributed by atoms with Crippen LogP contribution >= 0.6 is 0 Å². The Morgan fingerprint density at radius 1 is 1.24 bits per heavy atom. The zero-order valence-electron chi connectivity index (χ0n) is 11.6. The fourth-order valence-electron chi connectivity index (χ4n) is 1.72. The Labute approximate surface area is 120 Å². The number of halogens is 4. The van der Waals surface area contributed by atoms with E-state index in [4.69, 9.17) is 4.74 Å². The Kier molecular flexibility index (Phi) is 6.61. The van der Waals surface area contributed by atoms with E-state index in [9.17, 15) is 22.4 Å². The van der Waals surface area contributed by atoms with Crippen LogP contribution in [0.5, 0.6) is 0 Å². The van der Waals surface area contributed by atoms with Gasteiger partial charge in [-0.25, -0.2) is 4.39 Å². The molecule has 0 bridgehead atoms. The van der Waals surface area contributed by atoms with Crippen LogP contribution in [-0.4, -0.2) is 26.2 Å². The molecule has 0 aliphatic heterocycles. The van der Waals surface area contributed by atoms with Crippen molar-refractivity contribution in [3.05, 3.63) is 35.1 Å². The average molecular weight is 307 g/mol. The lowest BCUT2D eigenvalue weighted by Crippen LogP contribution is -2.26. The molecule has 0 saturated carbocycles. The molecule has 118 valence electrons. The lowest BCUT2D eigenvalue weighted by atomic mass is 10.1. The van der Waals surface area contributed by atoms with Gasteiger partial charge in [0.25, 0.3) is 5.91 Å². The van der Waals surface area contributed by atoms with E-state index >= 15 is 0 Å². The molecule has 1 rings (SSSR count). The number of benzene rings is 1. The molecule has 0 aliphatic rings. The molecule has 7 heteroatoms. The van der Waals surface area contributed by atoms with Crippen LogP contribution in [0.25, 0.3) is 0 Å². The van der Waals surface area contributed by atoms with Crippen molar-refractivity contribution in [2.24, 2.45) is 0 Å². The number of hydrogen-bond acceptors (Lipinski definition) is 2. The highest BCUT2D eigenvalue weighted by Gasteiger charge is 2.31. The maximum atomic E-state index is 13.4. The van der Waals surface area contributed by atoms with Crippen molar-refractivity contribution < 1.29 is 27.1 Å². The summed E-state index contributed by atoms with van der Waals surface area (Å²) < 4.78 is 55.9. The van der Waals surface area contributed by atoms with Crippen molar-refractivity contribution >= 4 is 5.91 Å². The van der Waals surface area contributed by atoms with Gasteiger partial charge in [0.15, 0.2) is 0 Å². The van der Waals surface area contributed by atoms with E-state index in [1.54, 1.807) is 7.11 Å². The Bertz CT molecular complexity index is 475. The molecule has 0 saturated heterocycles. The Hall–Kier alpha value is -1.63. The van der Waals surface area contributed by atoms with Gasteiger partial charge in [-0.05, 0) is 37.5 Å². The Morgan fingerprint density at radius 2 is 1.95 bits per heavy atom. The summed E-state index contributed by atoms with van der Waals surface area (Å²) in [6, 6.07) is 1.78. The molecule has 0 unspecified atom stereocenters. The van der Waals surface area contributed by atoms with E-state index in [1.807, 2.05) is 0 Å². The van der Waals surface area contributed by atoms with Gasteiger partial charge in [-0.2, -0.15) is 13.2 Å². The van der Waals surface area contributed by atoms with E-state index in [1.165, 1.54) is 0 Å². The second kappa shape index (κ2) is 7.97. The molecule has 1 N–H and O–H groups in total. The number of methoxy groups -OCH3 is 1. The van der Waals surface area contributed by atoms with Crippen LogP contribution in [0.15, 0.2) is 18.2 Å². The lowest BCUT2D eigenvalue weighted by molar-refractivity contribution is -0.137. The van der Waals surface area contributed by atoms with Gasteiger partial charge in [-0.3, -0.25) is 4.79 Å². The average Bonchev–Trinajstić information content (AvgIpc) is 2.41. The molecule has 0 aliphatic carbocycles. The van der Waals surface area contributed by atoms with Gasteiger partial charge in [0, 0.05) is 20.3 Å². The minimum absolute atomic E-state index is 0.276. The number of nitrogens with one attached hydrogen (secondary N) is 1. The summed E-state index contributed by atoms with van der Waals surface area (Å²) in [5.41, 5.74) is -1.64. The number of unbranched alkanes of at least 4 members (excludes halogenated alkanes) is 2. The first kappa shape index (κ1) is 17.4. The predicted octanol–water partition coefficient (Wildman–Crippen LogP) is 3.39. The van der Waals surface area contributed by atoms with Crippen molar-refractivity contribution in [2.75, 3.05) is 20.3 Å². The van der Waals surface area contributed by atoms with Crippen molar-refractivity contribution in [1.29, 1.82) is 0 Å². The molecule has 3 nitrogen and oxygen atoms in total. The van der Waals surface area contributed by atoms with E-state index < -0.39 is 29.0 Å². The summed E-state index contributed by atoms with van der Waals surface area (Å²) >= 11 is 0. The minimum Gasteiger partial charge on any atom is -0.385 e. The van der Waals surface area contributed by atoms with Gasteiger partial charge in [-0.1, -0.05) is 0 Å². The molecular formula is C14H17F4NO2. The second-order valence-corrected chi connectivity index (χ2v) is 4.50. The van der Waals surface area contributed by atoms with E-state index in [-0.39, 0.29) is 6.54 Å². The maximum Gasteiger partial charge on any atom is 0.416 e. The fourth-order valence-corrected chi connectivity index (χ4v) is 1.72. The van der Waals surface area contributed by atoms with Crippen molar-refractivity contribution in [3.63, 3.8) is 0 Å². The molecular weight excluding hydrogens is 290 g/mol. The number of amides is 1. The summed E-state index contributed by atoms with van der Waals surface area (Å²) in [6.45, 7) is 0.883. The van der Waals surface area contributed by atoms with Gasteiger partial charge in [0.05, 0.1) is 11.1 Å². The highest BCUT2D eigenvalue weighted by atomic mass is 19.4. The third-order valence-electron chi connectivity index (χ3n) is 2.85. The monoisotopic (exact) mass is 307 g/mol. The highest BCUT2D eigenvalue weighted by molar-refractivity contribution is 5.94. The first-order chi connectivity index (χ1) is 9.86. The number of carbonyl (C=O) groups is 1. The normalized spacial score (nSPS) is 11.5. The topological polar surface area (TPSA) is 38.3 Å². The fraction of sp³-hybridized carbons (Fsp3) is 0.500. The molecule has 0 atom stereocenters. The molecule has 0 aromatic heterocycles. The van der Waals surface area contributed by atoms with Crippen molar-refractivity contribution in [3.8, 4) is 0 Å². The van der Waals surface area contributed by atoms with Crippen LogP contribution in [0, 0.1) is 5.82 Å². The zero-order valence-corrected chi connectivity index (χ0v) is 11.6. The SMILES string of the molecule is COCCCCCNC(=O)c1cc(C(F)(F)F)ccc1F. The van der Waals surface area contributed by atoms with Crippen LogP contribution in [-0.2, 0) is 10.9 Å². The van der Waals surface area contributed by atoms with Crippen LogP contribution in [0.2, 0.25) is 0 Å². The van der Waals surface area contributed by atoms with Gasteiger partial charge < -0.3 is 10.1 Å². The highest BCUT2D eigenvalue weighted by Crippen LogP contribution is 2.30. The maximum absolute atomic E-state index is 13.4. The summed E-state index contributed by atoms with van der Waals surface area (Å²) in [6.07, 6.45) is -2.33. The van der Waals surface area contributed by atoms with Crippen molar-refractivity contribution in [1.82, 2.24) is 5.32 Å². The molecule has 0 radical (unpaired) electrons. The molecule has 1 aromatic rings.